The van der Waals surface area contributed by atoms with Crippen LogP contribution in [0, 0.1) is 5.92 Å². The molecule has 1 N–H and O–H groups in total. The molecule has 5 nitrogen and oxygen atoms in total. The number of aliphatic hydroxyl groups is 1. The fourth-order valence-electron chi connectivity index (χ4n) is 3.25. The van der Waals surface area contributed by atoms with Gasteiger partial charge in [-0.25, -0.2) is 0 Å². The number of amides is 1. The number of benzene rings is 1. The van der Waals surface area contributed by atoms with Gasteiger partial charge in [-0.15, -0.1) is 0 Å². The Hall–Kier alpha value is -2.40. The van der Waals surface area contributed by atoms with E-state index in [0.717, 1.165) is 31.5 Å². The van der Waals surface area contributed by atoms with Crippen molar-refractivity contribution in [3.05, 3.63) is 70.1 Å². The number of nitrogens with zero attached hydrogens (tertiary/aromatic N) is 2. The average molecular weight is 326 g/mol. The predicted octanol–water partition coefficient (Wildman–Crippen LogP) is 1.43. The van der Waals surface area contributed by atoms with Gasteiger partial charge < -0.3 is 14.6 Å². The number of carbonyl (C=O) groups excluding carboxylic acids is 1. The summed E-state index contributed by atoms with van der Waals surface area (Å²) >= 11 is 0. The smallest absolute Gasteiger partial charge is 0.250 e. The Balaban J connectivity index is 1.57. The third-order valence-electron chi connectivity index (χ3n) is 4.54. The van der Waals surface area contributed by atoms with Crippen LogP contribution in [-0.4, -0.2) is 33.6 Å². The second-order valence-electron chi connectivity index (χ2n) is 6.34. The predicted molar refractivity (Wildman–Crippen MR) is 91.5 cm³/mol. The second-order valence-corrected chi connectivity index (χ2v) is 6.34. The first-order valence-electron chi connectivity index (χ1n) is 8.27. The van der Waals surface area contributed by atoms with Crippen molar-refractivity contribution in [1.82, 2.24) is 9.47 Å². The maximum absolute atomic E-state index is 12.4. The van der Waals surface area contributed by atoms with E-state index in [0.29, 0.717) is 5.92 Å². The van der Waals surface area contributed by atoms with Gasteiger partial charge in [0.05, 0.1) is 6.61 Å². The molecular weight excluding hydrogens is 304 g/mol. The molecule has 5 heteroatoms. The Bertz CT molecular complexity index is 769. The van der Waals surface area contributed by atoms with Gasteiger partial charge in [-0.05, 0) is 36.0 Å². The molecule has 1 fully saturated rings. The summed E-state index contributed by atoms with van der Waals surface area (Å²) in [7, 11) is 0. The minimum absolute atomic E-state index is 0.00471. The van der Waals surface area contributed by atoms with E-state index >= 15 is 0 Å². The molecular formula is C19H22N2O3. The average Bonchev–Trinajstić information content (AvgIpc) is 3.06. The summed E-state index contributed by atoms with van der Waals surface area (Å²) in [5.41, 5.74) is 1.96. The molecule has 1 atom stereocenters. The van der Waals surface area contributed by atoms with Crippen LogP contribution in [0.5, 0.6) is 0 Å². The number of likely N-dealkylation sites (tertiary alicyclic amines) is 1. The lowest BCUT2D eigenvalue weighted by atomic mass is 9.97. The van der Waals surface area contributed by atoms with Gasteiger partial charge in [0.1, 0.15) is 6.54 Å². The summed E-state index contributed by atoms with van der Waals surface area (Å²) in [4.78, 5) is 26.0. The van der Waals surface area contributed by atoms with E-state index in [1.165, 1.54) is 16.2 Å². The van der Waals surface area contributed by atoms with E-state index < -0.39 is 0 Å². The highest BCUT2D eigenvalue weighted by Gasteiger charge is 2.26. The second kappa shape index (κ2) is 7.45. The molecule has 1 saturated heterocycles. The number of pyridine rings is 1. The molecule has 0 saturated carbocycles. The van der Waals surface area contributed by atoms with E-state index in [1.807, 2.05) is 23.1 Å². The lowest BCUT2D eigenvalue weighted by Crippen LogP contribution is -2.34. The van der Waals surface area contributed by atoms with Crippen molar-refractivity contribution in [3.8, 4) is 0 Å². The van der Waals surface area contributed by atoms with E-state index in [-0.39, 0.29) is 24.6 Å². The molecule has 1 aliphatic rings. The van der Waals surface area contributed by atoms with Gasteiger partial charge in [0.25, 0.3) is 5.56 Å². The minimum atomic E-state index is -0.151. The van der Waals surface area contributed by atoms with Crippen LogP contribution in [0.15, 0.2) is 53.5 Å². The number of hydrogen-bond donors (Lipinski definition) is 1. The van der Waals surface area contributed by atoms with Crippen LogP contribution in [0.2, 0.25) is 0 Å². The zero-order valence-electron chi connectivity index (χ0n) is 13.6. The summed E-state index contributed by atoms with van der Waals surface area (Å²) in [6.07, 6.45) is 3.52. The molecule has 0 radical (unpaired) electrons. The van der Waals surface area contributed by atoms with Crippen molar-refractivity contribution in [3.63, 3.8) is 0 Å². The van der Waals surface area contributed by atoms with Crippen molar-refractivity contribution in [1.29, 1.82) is 0 Å². The van der Waals surface area contributed by atoms with Crippen molar-refractivity contribution >= 4 is 5.91 Å². The largest absolute Gasteiger partial charge is 0.392 e. The molecule has 0 aliphatic carbocycles. The first kappa shape index (κ1) is 16.5. The van der Waals surface area contributed by atoms with E-state index in [1.54, 1.807) is 18.3 Å². The zero-order chi connectivity index (χ0) is 16.9. The van der Waals surface area contributed by atoms with Crippen LogP contribution in [0.1, 0.15) is 17.5 Å². The molecule has 0 spiro atoms. The Morgan fingerprint density at radius 2 is 2.00 bits per heavy atom. The zero-order valence-corrected chi connectivity index (χ0v) is 13.6. The van der Waals surface area contributed by atoms with Gasteiger partial charge >= 0.3 is 0 Å². The van der Waals surface area contributed by atoms with E-state index in [4.69, 9.17) is 0 Å². The summed E-state index contributed by atoms with van der Waals surface area (Å²) in [6, 6.07) is 12.9. The normalized spacial score (nSPS) is 17.2. The van der Waals surface area contributed by atoms with Gasteiger partial charge in [0.15, 0.2) is 0 Å². The van der Waals surface area contributed by atoms with Crippen LogP contribution in [0.4, 0.5) is 0 Å². The lowest BCUT2D eigenvalue weighted by molar-refractivity contribution is -0.130. The first-order chi connectivity index (χ1) is 11.7. The SMILES string of the molecule is O=C(Cn1ccccc1=O)N1CC[C@@H](Cc2cccc(CO)c2)C1. The van der Waals surface area contributed by atoms with Crippen LogP contribution in [0.3, 0.4) is 0 Å². The molecule has 1 aromatic heterocycles. The molecule has 3 rings (SSSR count). The summed E-state index contributed by atoms with van der Waals surface area (Å²) in [5.74, 6) is 0.422. The maximum Gasteiger partial charge on any atom is 0.250 e. The molecule has 0 bridgehead atoms. The van der Waals surface area contributed by atoms with Crippen molar-refractivity contribution in [2.24, 2.45) is 5.92 Å². The molecule has 1 aliphatic heterocycles. The molecule has 24 heavy (non-hydrogen) atoms. The lowest BCUT2D eigenvalue weighted by Gasteiger charge is -2.17. The van der Waals surface area contributed by atoms with E-state index in [9.17, 15) is 14.7 Å². The topological polar surface area (TPSA) is 62.5 Å². The third kappa shape index (κ3) is 3.92. The third-order valence-corrected chi connectivity index (χ3v) is 4.54. The molecule has 1 amide bonds. The molecule has 1 aromatic carbocycles. The summed E-state index contributed by atoms with van der Waals surface area (Å²) in [5, 5.41) is 9.22. The monoisotopic (exact) mass is 326 g/mol. The number of carbonyl (C=O) groups is 1. The maximum atomic E-state index is 12.4. The highest BCUT2D eigenvalue weighted by atomic mass is 16.3. The highest BCUT2D eigenvalue weighted by molar-refractivity contribution is 5.76. The fraction of sp³-hybridized carbons (Fsp3) is 0.368. The number of aromatic nitrogens is 1. The van der Waals surface area contributed by atoms with Gasteiger partial charge in [-0.3, -0.25) is 9.59 Å². The number of hydrogen-bond acceptors (Lipinski definition) is 3. The van der Waals surface area contributed by atoms with Crippen LogP contribution >= 0.6 is 0 Å². The number of aliphatic hydroxyl groups excluding tert-OH is 1. The van der Waals surface area contributed by atoms with Gasteiger partial charge in [0, 0.05) is 25.4 Å². The summed E-state index contributed by atoms with van der Waals surface area (Å²) in [6.45, 7) is 1.62. The van der Waals surface area contributed by atoms with Crippen molar-refractivity contribution in [2.75, 3.05) is 13.1 Å². The fourth-order valence-corrected chi connectivity index (χ4v) is 3.25. The first-order valence-corrected chi connectivity index (χ1v) is 8.27. The Morgan fingerprint density at radius 3 is 2.79 bits per heavy atom. The highest BCUT2D eigenvalue weighted by Crippen LogP contribution is 2.21. The Morgan fingerprint density at radius 1 is 1.17 bits per heavy atom. The Labute approximate surface area is 141 Å². The van der Waals surface area contributed by atoms with Gasteiger partial charge in [0.2, 0.25) is 5.91 Å². The van der Waals surface area contributed by atoms with Crippen LogP contribution in [0.25, 0.3) is 0 Å². The quantitative estimate of drug-likeness (QED) is 0.904. The molecule has 0 unspecified atom stereocenters. The number of rotatable bonds is 5. The molecule has 2 heterocycles. The standard InChI is InChI=1S/C19H22N2O3/c22-14-17-5-3-4-15(11-17)10-16-7-9-21(12-16)19(24)13-20-8-2-1-6-18(20)23/h1-6,8,11,16,22H,7,9-10,12-14H2/t16-/m0/s1. The van der Waals surface area contributed by atoms with Crippen molar-refractivity contribution < 1.29 is 9.90 Å². The van der Waals surface area contributed by atoms with Crippen LogP contribution in [-0.2, 0) is 24.4 Å². The molecule has 126 valence electrons. The summed E-state index contributed by atoms with van der Waals surface area (Å²) < 4.78 is 1.44. The van der Waals surface area contributed by atoms with Gasteiger partial charge in [-0.2, -0.15) is 0 Å². The van der Waals surface area contributed by atoms with Gasteiger partial charge in [-0.1, -0.05) is 30.3 Å². The van der Waals surface area contributed by atoms with Crippen LogP contribution < -0.4 is 5.56 Å². The minimum Gasteiger partial charge on any atom is -0.392 e. The van der Waals surface area contributed by atoms with Crippen molar-refractivity contribution in [2.45, 2.75) is 26.0 Å². The van der Waals surface area contributed by atoms with E-state index in [2.05, 4.69) is 6.07 Å². The molecule has 2 aromatic rings. The Kier molecular flexibility index (Phi) is 5.11.